The van der Waals surface area contributed by atoms with Crippen LogP contribution in [0.2, 0.25) is 0 Å². The second-order valence-electron chi connectivity index (χ2n) is 3.31. The molecule has 13 heavy (non-hydrogen) atoms. The molecule has 1 amide bonds. The summed E-state index contributed by atoms with van der Waals surface area (Å²) in [7, 11) is 0. The third-order valence-electron chi connectivity index (χ3n) is 2.16. The van der Waals surface area contributed by atoms with Crippen molar-refractivity contribution < 1.29 is 4.79 Å². The fourth-order valence-electron chi connectivity index (χ4n) is 1.18. The molecule has 0 radical (unpaired) electrons. The van der Waals surface area contributed by atoms with Crippen LogP contribution < -0.4 is 5.32 Å². The quantitative estimate of drug-likeness (QED) is 0.691. The first-order valence-electron chi connectivity index (χ1n) is 5.07. The summed E-state index contributed by atoms with van der Waals surface area (Å²) in [5.41, 5.74) is 0. The van der Waals surface area contributed by atoms with Gasteiger partial charge in [-0.15, -0.1) is 0 Å². The van der Waals surface area contributed by atoms with Crippen LogP contribution in [0.3, 0.4) is 0 Å². The van der Waals surface area contributed by atoms with E-state index >= 15 is 0 Å². The van der Waals surface area contributed by atoms with Crippen molar-refractivity contribution in [3.63, 3.8) is 0 Å². The summed E-state index contributed by atoms with van der Waals surface area (Å²) in [6, 6.07) is 0. The topological polar surface area (TPSA) is 29.1 Å². The summed E-state index contributed by atoms with van der Waals surface area (Å²) >= 11 is 3.42. The molecule has 78 valence electrons. The second-order valence-corrected chi connectivity index (χ2v) is 4.10. The molecule has 0 aromatic rings. The molecule has 1 N–H and O–H groups in total. The third kappa shape index (κ3) is 7.05. The van der Waals surface area contributed by atoms with Crippen LogP contribution in [0.15, 0.2) is 0 Å². The van der Waals surface area contributed by atoms with Crippen molar-refractivity contribution in [2.75, 3.05) is 11.9 Å². The van der Waals surface area contributed by atoms with Crippen molar-refractivity contribution in [2.45, 2.75) is 39.5 Å². The SMILES string of the molecule is CCCC(=O)NCC(CC)CCBr. The predicted octanol–water partition coefficient (Wildman–Crippen LogP) is 2.71. The van der Waals surface area contributed by atoms with Gasteiger partial charge in [-0.05, 0) is 18.8 Å². The molecule has 0 aromatic carbocycles. The number of rotatable bonds is 7. The zero-order valence-electron chi connectivity index (χ0n) is 8.61. The molecule has 0 saturated carbocycles. The summed E-state index contributed by atoms with van der Waals surface area (Å²) in [5, 5.41) is 3.98. The molecule has 0 rings (SSSR count). The summed E-state index contributed by atoms with van der Waals surface area (Å²) in [6.07, 6.45) is 3.87. The number of carbonyl (C=O) groups is 1. The van der Waals surface area contributed by atoms with Crippen LogP contribution in [0.25, 0.3) is 0 Å². The van der Waals surface area contributed by atoms with Gasteiger partial charge in [-0.3, -0.25) is 4.79 Å². The Hall–Kier alpha value is -0.0500. The third-order valence-corrected chi connectivity index (χ3v) is 2.62. The number of hydrogen-bond donors (Lipinski definition) is 1. The summed E-state index contributed by atoms with van der Waals surface area (Å²) in [6.45, 7) is 5.02. The minimum absolute atomic E-state index is 0.190. The number of nitrogens with one attached hydrogen (secondary N) is 1. The monoisotopic (exact) mass is 249 g/mol. The molecule has 0 aromatic heterocycles. The van der Waals surface area contributed by atoms with Crippen molar-refractivity contribution in [3.05, 3.63) is 0 Å². The molecule has 0 saturated heterocycles. The Morgan fingerprint density at radius 2 is 2.15 bits per heavy atom. The zero-order valence-corrected chi connectivity index (χ0v) is 10.2. The maximum Gasteiger partial charge on any atom is 0.219 e. The van der Waals surface area contributed by atoms with E-state index in [-0.39, 0.29) is 5.91 Å². The smallest absolute Gasteiger partial charge is 0.219 e. The maximum atomic E-state index is 11.1. The first-order chi connectivity index (χ1) is 6.24. The molecule has 0 spiro atoms. The molecule has 3 heteroatoms. The molecular weight excluding hydrogens is 230 g/mol. The Morgan fingerprint density at radius 1 is 1.46 bits per heavy atom. The highest BCUT2D eigenvalue weighted by atomic mass is 79.9. The van der Waals surface area contributed by atoms with Crippen LogP contribution in [0.1, 0.15) is 39.5 Å². The number of hydrogen-bond acceptors (Lipinski definition) is 1. The van der Waals surface area contributed by atoms with Gasteiger partial charge in [0.1, 0.15) is 0 Å². The van der Waals surface area contributed by atoms with Crippen LogP contribution in [-0.4, -0.2) is 17.8 Å². The Labute approximate surface area is 89.6 Å². The van der Waals surface area contributed by atoms with Crippen LogP contribution in [0.4, 0.5) is 0 Å². The molecule has 0 aliphatic carbocycles. The van der Waals surface area contributed by atoms with E-state index in [1.54, 1.807) is 0 Å². The number of halogens is 1. The van der Waals surface area contributed by atoms with Gasteiger partial charge in [-0.2, -0.15) is 0 Å². The summed E-state index contributed by atoms with van der Waals surface area (Å²) in [4.78, 5) is 11.1. The van der Waals surface area contributed by atoms with E-state index in [9.17, 15) is 4.79 Å². The van der Waals surface area contributed by atoms with Crippen LogP contribution in [-0.2, 0) is 4.79 Å². The van der Waals surface area contributed by atoms with Crippen molar-refractivity contribution in [1.82, 2.24) is 5.32 Å². The first kappa shape index (κ1) is 12.9. The highest BCUT2D eigenvalue weighted by Gasteiger charge is 2.06. The van der Waals surface area contributed by atoms with Gasteiger partial charge in [0.2, 0.25) is 5.91 Å². The van der Waals surface area contributed by atoms with Crippen LogP contribution in [0, 0.1) is 5.92 Å². The van der Waals surface area contributed by atoms with E-state index in [4.69, 9.17) is 0 Å². The predicted molar refractivity (Wildman–Crippen MR) is 60.1 cm³/mol. The maximum absolute atomic E-state index is 11.1. The lowest BCUT2D eigenvalue weighted by molar-refractivity contribution is -0.121. The minimum Gasteiger partial charge on any atom is -0.356 e. The Bertz CT molecular complexity index is 139. The molecule has 1 atom stereocenters. The van der Waals surface area contributed by atoms with E-state index in [1.165, 1.54) is 0 Å². The summed E-state index contributed by atoms with van der Waals surface area (Å²) < 4.78 is 0. The van der Waals surface area contributed by atoms with E-state index in [2.05, 4.69) is 28.2 Å². The molecule has 0 aliphatic heterocycles. The van der Waals surface area contributed by atoms with Gasteiger partial charge in [0.15, 0.2) is 0 Å². The molecule has 0 fully saturated rings. The zero-order chi connectivity index (χ0) is 10.1. The van der Waals surface area contributed by atoms with E-state index in [1.807, 2.05) is 6.92 Å². The first-order valence-corrected chi connectivity index (χ1v) is 6.19. The standard InChI is InChI=1S/C10H20BrNO/c1-3-5-10(13)12-8-9(4-2)6-7-11/h9H,3-8H2,1-2H3,(H,12,13). The number of amides is 1. The molecule has 2 nitrogen and oxygen atoms in total. The van der Waals surface area contributed by atoms with Crippen LogP contribution in [0.5, 0.6) is 0 Å². The minimum atomic E-state index is 0.190. The van der Waals surface area contributed by atoms with Gasteiger partial charge in [-0.1, -0.05) is 36.2 Å². The van der Waals surface area contributed by atoms with Gasteiger partial charge in [0, 0.05) is 18.3 Å². The fourth-order valence-corrected chi connectivity index (χ4v) is 1.83. The van der Waals surface area contributed by atoms with Crippen LogP contribution >= 0.6 is 15.9 Å². The Kier molecular flexibility index (Phi) is 8.51. The van der Waals surface area contributed by atoms with E-state index in [0.717, 1.165) is 31.1 Å². The summed E-state index contributed by atoms with van der Waals surface area (Å²) in [5.74, 6) is 0.815. The van der Waals surface area contributed by atoms with Crippen molar-refractivity contribution in [1.29, 1.82) is 0 Å². The fraction of sp³-hybridized carbons (Fsp3) is 0.900. The largest absolute Gasteiger partial charge is 0.356 e. The molecule has 0 aliphatic rings. The lowest BCUT2D eigenvalue weighted by Crippen LogP contribution is -2.28. The Morgan fingerprint density at radius 3 is 2.62 bits per heavy atom. The number of carbonyl (C=O) groups excluding carboxylic acids is 1. The van der Waals surface area contributed by atoms with Gasteiger partial charge in [-0.25, -0.2) is 0 Å². The van der Waals surface area contributed by atoms with Gasteiger partial charge in [0.25, 0.3) is 0 Å². The van der Waals surface area contributed by atoms with Crippen molar-refractivity contribution >= 4 is 21.8 Å². The number of alkyl halides is 1. The average molecular weight is 250 g/mol. The average Bonchev–Trinajstić information content (AvgIpc) is 2.12. The van der Waals surface area contributed by atoms with Gasteiger partial charge >= 0.3 is 0 Å². The van der Waals surface area contributed by atoms with Crippen molar-refractivity contribution in [3.8, 4) is 0 Å². The van der Waals surface area contributed by atoms with Gasteiger partial charge < -0.3 is 5.32 Å². The second kappa shape index (κ2) is 8.54. The van der Waals surface area contributed by atoms with Gasteiger partial charge in [0.05, 0.1) is 0 Å². The normalized spacial score (nSPS) is 12.5. The lowest BCUT2D eigenvalue weighted by Gasteiger charge is -2.13. The molecule has 1 unspecified atom stereocenters. The van der Waals surface area contributed by atoms with Crippen molar-refractivity contribution in [2.24, 2.45) is 5.92 Å². The Balaban J connectivity index is 3.52. The lowest BCUT2D eigenvalue weighted by atomic mass is 10.0. The molecule has 0 heterocycles. The highest BCUT2D eigenvalue weighted by Crippen LogP contribution is 2.08. The highest BCUT2D eigenvalue weighted by molar-refractivity contribution is 9.09. The molecule has 0 bridgehead atoms. The molecular formula is C10H20BrNO. The van der Waals surface area contributed by atoms with E-state index in [0.29, 0.717) is 12.3 Å². The van der Waals surface area contributed by atoms with E-state index < -0.39 is 0 Å².